The lowest BCUT2D eigenvalue weighted by Crippen LogP contribution is -2.17. The Labute approximate surface area is 144 Å². The Kier molecular flexibility index (Phi) is 10.9. The normalized spacial score (nSPS) is 11.9. The molecule has 0 saturated carbocycles. The summed E-state index contributed by atoms with van der Waals surface area (Å²) in [7, 11) is 0. The van der Waals surface area contributed by atoms with Crippen molar-refractivity contribution in [1.82, 2.24) is 0 Å². The van der Waals surface area contributed by atoms with Crippen LogP contribution in [0.4, 0.5) is 0 Å². The molecule has 1 aromatic carbocycles. The van der Waals surface area contributed by atoms with Gasteiger partial charge in [-0.05, 0) is 56.1 Å². The molecule has 1 N–H and O–H groups in total. The van der Waals surface area contributed by atoms with Crippen molar-refractivity contribution in [2.75, 3.05) is 0 Å². The summed E-state index contributed by atoms with van der Waals surface area (Å²) < 4.78 is 0. The van der Waals surface area contributed by atoms with Gasteiger partial charge in [-0.15, -0.1) is 0 Å². The number of hydrogen-bond donors (Lipinski definition) is 1. The maximum Gasteiger partial charge on any atom is 0.0591 e. The Morgan fingerprint density at radius 2 is 1.65 bits per heavy atom. The first-order chi connectivity index (χ1) is 10.6. The van der Waals surface area contributed by atoms with E-state index in [4.69, 9.17) is 0 Å². The Morgan fingerprint density at radius 1 is 1.04 bits per heavy atom. The second-order valence-electron chi connectivity index (χ2n) is 8.02. The van der Waals surface area contributed by atoms with E-state index in [2.05, 4.69) is 71.0 Å². The fourth-order valence-electron chi connectivity index (χ4n) is 2.06. The van der Waals surface area contributed by atoms with E-state index in [1.807, 2.05) is 13.8 Å². The van der Waals surface area contributed by atoms with Crippen LogP contribution in [0.1, 0.15) is 91.2 Å². The smallest absolute Gasteiger partial charge is 0.0591 e. The number of unbranched alkanes of at least 4 members (excludes halogenated alkanes) is 2. The molecule has 0 aliphatic rings. The molecule has 1 aromatic rings. The summed E-state index contributed by atoms with van der Waals surface area (Å²) in [4.78, 5) is 0. The third-order valence-electron chi connectivity index (χ3n) is 3.30. The highest BCUT2D eigenvalue weighted by atomic mass is 16.3. The van der Waals surface area contributed by atoms with Crippen LogP contribution >= 0.6 is 0 Å². The van der Waals surface area contributed by atoms with Gasteiger partial charge in [-0.1, -0.05) is 77.5 Å². The third-order valence-corrected chi connectivity index (χ3v) is 3.30. The van der Waals surface area contributed by atoms with Crippen LogP contribution in [0.5, 0.6) is 0 Å². The quantitative estimate of drug-likeness (QED) is 0.547. The zero-order valence-corrected chi connectivity index (χ0v) is 16.4. The Morgan fingerprint density at radius 3 is 2.17 bits per heavy atom. The van der Waals surface area contributed by atoms with E-state index < -0.39 is 5.60 Å². The van der Waals surface area contributed by atoms with Crippen molar-refractivity contribution in [1.29, 1.82) is 0 Å². The molecule has 1 nitrogen and oxygen atoms in total. The average Bonchev–Trinajstić information content (AvgIpc) is 2.41. The number of rotatable bonds is 7. The molecule has 0 radical (unpaired) electrons. The summed E-state index contributed by atoms with van der Waals surface area (Å²) in [5, 5.41) is 9.62. The van der Waals surface area contributed by atoms with E-state index in [1.165, 1.54) is 11.1 Å². The summed E-state index contributed by atoms with van der Waals surface area (Å²) in [6.07, 6.45) is 8.63. The van der Waals surface area contributed by atoms with E-state index in [-0.39, 0.29) is 0 Å². The number of hydrogen-bond acceptors (Lipinski definition) is 1. The van der Waals surface area contributed by atoms with Crippen molar-refractivity contribution in [2.45, 2.75) is 85.7 Å². The van der Waals surface area contributed by atoms with Crippen molar-refractivity contribution in [2.24, 2.45) is 5.92 Å². The lowest BCUT2D eigenvalue weighted by Gasteiger charge is -2.15. The summed E-state index contributed by atoms with van der Waals surface area (Å²) >= 11 is 0. The Hall–Kier alpha value is -1.08. The zero-order chi connectivity index (χ0) is 17.9. The molecule has 0 atom stereocenters. The predicted molar refractivity (Wildman–Crippen MR) is 105 cm³/mol. The minimum atomic E-state index is -0.519. The van der Waals surface area contributed by atoms with Gasteiger partial charge in [0.1, 0.15) is 0 Å². The van der Waals surface area contributed by atoms with Crippen LogP contribution in [0, 0.1) is 5.92 Å². The molecule has 23 heavy (non-hydrogen) atoms. The standard InChI is InChI=1S/C18H28O.C4H10/c1-15(2)17-12-9-11-16(14-17)10-7-5-6-8-13-18(3,4)19;1-4(2)3/h7,9-12,14-15,19H,5-6,8,13H2,1-4H3;4H,1-3H3/b10-7+;. The number of aliphatic hydroxyl groups is 1. The van der Waals surface area contributed by atoms with Gasteiger partial charge >= 0.3 is 0 Å². The lowest BCUT2D eigenvalue weighted by atomic mass is 9.99. The van der Waals surface area contributed by atoms with Crippen LogP contribution in [0.3, 0.4) is 0 Å². The molecule has 0 unspecified atom stereocenters. The van der Waals surface area contributed by atoms with Gasteiger partial charge in [0.25, 0.3) is 0 Å². The second kappa shape index (κ2) is 11.5. The van der Waals surface area contributed by atoms with E-state index in [1.54, 1.807) is 0 Å². The molecule has 0 aliphatic carbocycles. The van der Waals surface area contributed by atoms with E-state index in [9.17, 15) is 5.11 Å². The highest BCUT2D eigenvalue weighted by Gasteiger charge is 2.10. The van der Waals surface area contributed by atoms with Crippen molar-refractivity contribution in [3.8, 4) is 0 Å². The van der Waals surface area contributed by atoms with E-state index >= 15 is 0 Å². The van der Waals surface area contributed by atoms with Crippen molar-refractivity contribution in [3.63, 3.8) is 0 Å². The van der Waals surface area contributed by atoms with Crippen molar-refractivity contribution in [3.05, 3.63) is 41.5 Å². The van der Waals surface area contributed by atoms with Gasteiger partial charge in [-0.2, -0.15) is 0 Å². The molecule has 1 heteroatoms. The van der Waals surface area contributed by atoms with E-state index in [0.29, 0.717) is 5.92 Å². The number of benzene rings is 1. The van der Waals surface area contributed by atoms with Gasteiger partial charge in [0.05, 0.1) is 5.60 Å². The molecule has 0 aliphatic heterocycles. The molecule has 0 saturated heterocycles. The average molecular weight is 319 g/mol. The molecular formula is C22H38O. The highest BCUT2D eigenvalue weighted by molar-refractivity contribution is 5.50. The molecule has 132 valence electrons. The van der Waals surface area contributed by atoms with Gasteiger partial charge in [-0.25, -0.2) is 0 Å². The molecule has 0 heterocycles. The van der Waals surface area contributed by atoms with Gasteiger partial charge in [0.15, 0.2) is 0 Å². The summed E-state index contributed by atoms with van der Waals surface area (Å²) in [6, 6.07) is 8.73. The monoisotopic (exact) mass is 318 g/mol. The van der Waals surface area contributed by atoms with Gasteiger partial charge < -0.3 is 5.11 Å². The summed E-state index contributed by atoms with van der Waals surface area (Å²) in [6.45, 7) is 14.7. The maximum atomic E-state index is 9.62. The summed E-state index contributed by atoms with van der Waals surface area (Å²) in [5.41, 5.74) is 2.16. The first-order valence-corrected chi connectivity index (χ1v) is 9.10. The van der Waals surface area contributed by atoms with Crippen LogP contribution in [-0.4, -0.2) is 10.7 Å². The van der Waals surface area contributed by atoms with Gasteiger partial charge in [0.2, 0.25) is 0 Å². The molecule has 0 spiro atoms. The first kappa shape index (κ1) is 21.9. The maximum absolute atomic E-state index is 9.62. The van der Waals surface area contributed by atoms with Crippen molar-refractivity contribution < 1.29 is 5.11 Å². The Balaban J connectivity index is 0.00000108. The third kappa shape index (κ3) is 14.3. The largest absolute Gasteiger partial charge is 0.390 e. The molecule has 0 amide bonds. The van der Waals surface area contributed by atoms with Gasteiger partial charge in [0, 0.05) is 0 Å². The molecule has 0 bridgehead atoms. The SMILES string of the molecule is CC(C)C.CC(C)c1cccc(/C=C/CCCCC(C)(C)O)c1. The fourth-order valence-corrected chi connectivity index (χ4v) is 2.06. The molecular weight excluding hydrogens is 280 g/mol. The van der Waals surface area contributed by atoms with Crippen LogP contribution in [0.2, 0.25) is 0 Å². The van der Waals surface area contributed by atoms with Crippen molar-refractivity contribution >= 4 is 6.08 Å². The van der Waals surface area contributed by atoms with Crippen LogP contribution in [-0.2, 0) is 0 Å². The minimum absolute atomic E-state index is 0.519. The highest BCUT2D eigenvalue weighted by Crippen LogP contribution is 2.17. The number of allylic oxidation sites excluding steroid dienone is 1. The van der Waals surface area contributed by atoms with Gasteiger partial charge in [-0.3, -0.25) is 0 Å². The van der Waals surface area contributed by atoms with E-state index in [0.717, 1.165) is 31.6 Å². The van der Waals surface area contributed by atoms with Crippen LogP contribution in [0.25, 0.3) is 6.08 Å². The second-order valence-corrected chi connectivity index (χ2v) is 8.02. The summed E-state index contributed by atoms with van der Waals surface area (Å²) in [5.74, 6) is 1.42. The Bertz CT molecular complexity index is 433. The predicted octanol–water partition coefficient (Wildman–Crippen LogP) is 6.82. The fraction of sp³-hybridized carbons (Fsp3) is 0.636. The minimum Gasteiger partial charge on any atom is -0.390 e. The van der Waals surface area contributed by atoms with Crippen LogP contribution < -0.4 is 0 Å². The topological polar surface area (TPSA) is 20.2 Å². The first-order valence-electron chi connectivity index (χ1n) is 9.10. The molecule has 0 fully saturated rings. The molecule has 0 aromatic heterocycles. The van der Waals surface area contributed by atoms with Crippen LogP contribution in [0.15, 0.2) is 30.3 Å². The zero-order valence-electron chi connectivity index (χ0n) is 16.4. The lowest BCUT2D eigenvalue weighted by molar-refractivity contribution is 0.0683. The molecule has 1 rings (SSSR count).